The Hall–Kier alpha value is -2.96. The highest BCUT2D eigenvalue weighted by Crippen LogP contribution is 2.91. The van der Waals surface area contributed by atoms with Gasteiger partial charge in [0, 0.05) is 18.5 Å². The average molecular weight is 718 g/mol. The maximum atomic E-state index is 14.7. The van der Waals surface area contributed by atoms with Crippen LogP contribution in [-0.2, 0) is 29.0 Å². The van der Waals surface area contributed by atoms with Gasteiger partial charge in [0.05, 0.1) is 22.1 Å². The number of carbonyl (C=O) groups excluding carboxylic acids is 5. The number of urea groups is 1. The number of Topliss-reactive ketones (excluding diaryl/α,β-unsaturated/α-hetero) is 1. The zero-order chi connectivity index (χ0) is 37.3. The van der Waals surface area contributed by atoms with Crippen molar-refractivity contribution in [2.45, 2.75) is 141 Å². The van der Waals surface area contributed by atoms with E-state index >= 15 is 0 Å². The number of likely N-dealkylation sites (tertiary alicyclic amines) is 1. The van der Waals surface area contributed by atoms with E-state index < -0.39 is 78.1 Å². The summed E-state index contributed by atoms with van der Waals surface area (Å²) in [6, 6.07) is -2.65. The number of carbonyl (C=O) groups is 5. The molecule has 0 bridgehead atoms. The smallest absolute Gasteiger partial charge is 0.315 e. The van der Waals surface area contributed by atoms with Gasteiger partial charge < -0.3 is 26.2 Å². The van der Waals surface area contributed by atoms with Crippen LogP contribution in [0.25, 0.3) is 0 Å². The second-order valence-electron chi connectivity index (χ2n) is 18.4. The molecule has 1 saturated heterocycles. The van der Waals surface area contributed by atoms with Crippen LogP contribution >= 0.6 is 0 Å². The number of nitrogens with zero attached hydrogens (tertiary/aromatic N) is 1. The molecule has 5 amide bonds. The number of amides is 5. The molecular weight excluding hydrogens is 659 g/mol. The lowest BCUT2D eigenvalue weighted by Crippen LogP contribution is -2.65. The molecule has 50 heavy (non-hydrogen) atoms. The van der Waals surface area contributed by atoms with E-state index in [4.69, 9.17) is 0 Å². The van der Waals surface area contributed by atoms with Gasteiger partial charge in [0.1, 0.15) is 11.6 Å². The Morgan fingerprint density at radius 1 is 0.960 bits per heavy atom. The van der Waals surface area contributed by atoms with Crippen LogP contribution in [0.2, 0.25) is 0 Å². The van der Waals surface area contributed by atoms with E-state index in [2.05, 4.69) is 41.7 Å². The fraction of sp³-hybridized carbons (Fsp3) is 0.811. The van der Waals surface area contributed by atoms with E-state index in [-0.39, 0.29) is 29.5 Å². The molecule has 1 heterocycles. The molecule has 0 aromatic rings. The van der Waals surface area contributed by atoms with Crippen LogP contribution in [0.5, 0.6) is 0 Å². The highest BCUT2D eigenvalue weighted by molar-refractivity contribution is 7.92. The van der Waals surface area contributed by atoms with Crippen molar-refractivity contribution < 1.29 is 32.4 Å². The molecule has 0 aromatic carbocycles. The normalized spacial score (nSPS) is 29.0. The van der Waals surface area contributed by atoms with Crippen LogP contribution in [0, 0.1) is 28.1 Å². The summed E-state index contributed by atoms with van der Waals surface area (Å²) < 4.78 is 25.7. The first-order valence-corrected chi connectivity index (χ1v) is 20.0. The number of rotatable bonds is 13. The third kappa shape index (κ3) is 6.49. The van der Waals surface area contributed by atoms with Gasteiger partial charge in [0.2, 0.25) is 17.6 Å². The molecule has 5 rings (SSSR count). The molecule has 5 aliphatic rings. The fourth-order valence-corrected chi connectivity index (χ4v) is 10.7. The number of hydrogen-bond acceptors (Lipinski definition) is 7. The quantitative estimate of drug-likeness (QED) is 0.167. The Kier molecular flexibility index (Phi) is 9.66. The van der Waals surface area contributed by atoms with E-state index in [1.54, 1.807) is 25.7 Å². The predicted molar refractivity (Wildman–Crippen MR) is 191 cm³/mol. The molecular formula is C37H59N5O7S. The Balaban J connectivity index is 1.38. The first-order valence-electron chi connectivity index (χ1n) is 18.4. The van der Waals surface area contributed by atoms with E-state index in [9.17, 15) is 32.4 Å². The van der Waals surface area contributed by atoms with Crippen molar-refractivity contribution >= 4 is 39.4 Å². The van der Waals surface area contributed by atoms with Crippen molar-refractivity contribution in [3.05, 3.63) is 12.7 Å². The summed E-state index contributed by atoms with van der Waals surface area (Å²) >= 11 is 0. The molecule has 5 fully saturated rings. The molecule has 0 aromatic heterocycles. The van der Waals surface area contributed by atoms with Crippen molar-refractivity contribution in [1.82, 2.24) is 26.2 Å². The molecule has 4 aliphatic carbocycles. The van der Waals surface area contributed by atoms with Gasteiger partial charge in [-0.1, -0.05) is 72.8 Å². The lowest BCUT2D eigenvalue weighted by molar-refractivity contribution is -0.147. The van der Waals surface area contributed by atoms with E-state index in [0.717, 1.165) is 32.1 Å². The van der Waals surface area contributed by atoms with Gasteiger partial charge in [-0.3, -0.25) is 19.2 Å². The third-order valence-corrected chi connectivity index (χ3v) is 15.4. The summed E-state index contributed by atoms with van der Waals surface area (Å²) in [5.41, 5.74) is -3.57. The van der Waals surface area contributed by atoms with Crippen LogP contribution in [-0.4, -0.2) is 89.6 Å². The zero-order valence-electron chi connectivity index (χ0n) is 31.3. The van der Waals surface area contributed by atoms with Gasteiger partial charge in [-0.2, -0.15) is 0 Å². The van der Waals surface area contributed by atoms with Crippen molar-refractivity contribution in [1.29, 1.82) is 0 Å². The van der Waals surface area contributed by atoms with E-state index in [1.807, 2.05) is 20.8 Å². The fourth-order valence-electron chi connectivity index (χ4n) is 9.17. The maximum Gasteiger partial charge on any atom is 0.315 e. The summed E-state index contributed by atoms with van der Waals surface area (Å²) in [5, 5.41) is 11.4. The molecule has 1 aliphatic heterocycles. The molecule has 12 nitrogen and oxygen atoms in total. The topological polar surface area (TPSA) is 171 Å². The minimum Gasteiger partial charge on any atom is -0.346 e. The summed E-state index contributed by atoms with van der Waals surface area (Å²) in [4.78, 5) is 70.5. The summed E-state index contributed by atoms with van der Waals surface area (Å²) in [6.07, 6.45) is 7.68. The van der Waals surface area contributed by atoms with Gasteiger partial charge in [-0.25, -0.2) is 13.2 Å². The summed E-state index contributed by atoms with van der Waals surface area (Å²) in [7, 11) is -3.57. The molecule has 5 atom stereocenters. The number of piperidine rings is 2. The molecule has 4 unspecified atom stereocenters. The largest absolute Gasteiger partial charge is 0.346 e. The first-order chi connectivity index (χ1) is 23.0. The number of hydrogen-bond donors (Lipinski definition) is 4. The third-order valence-electron chi connectivity index (χ3n) is 12.6. The van der Waals surface area contributed by atoms with Gasteiger partial charge in [-0.05, 0) is 69.1 Å². The molecule has 1 spiro atoms. The van der Waals surface area contributed by atoms with E-state index in [0.29, 0.717) is 32.2 Å². The zero-order valence-corrected chi connectivity index (χ0v) is 32.1. The average Bonchev–Trinajstić information content (AvgIpc) is 3.95. The SMILES string of the molecule is C=CCNC(=O)C(=O)C(CC1CC1)NC(=O)C12CC13C(CN2C(=O)[C@@H](NC(=O)NC1(CS(=O)(=O)C(C)(C)C)CCCCC1)C(C)(C)C)C3(C)C. The standard InChI is InChI=1S/C37H59N5O7S/c1-10-18-38-28(44)26(43)24(19-23-14-15-23)39-30(46)37-21-36(37)25(34(36,8)9)20-42(37)29(45)27(32(2,3)4)40-31(47)41-35(16-12-11-13-17-35)22-50(48,49)33(5,6)7/h10,23-25,27H,1,11-22H2,2-9H3,(H,38,44)(H,39,46)(H2,40,41,47)/t24?,25?,27-,36?,37?/m1/s1. The second kappa shape index (κ2) is 12.6. The van der Waals surface area contributed by atoms with Crippen molar-refractivity contribution in [3.63, 3.8) is 0 Å². The predicted octanol–water partition coefficient (Wildman–Crippen LogP) is 3.40. The van der Waals surface area contributed by atoms with Gasteiger partial charge in [0.25, 0.3) is 5.91 Å². The number of nitrogens with one attached hydrogen (secondary N) is 4. The monoisotopic (exact) mass is 717 g/mol. The first kappa shape index (κ1) is 38.3. The lowest BCUT2D eigenvalue weighted by atomic mass is 9.83. The van der Waals surface area contributed by atoms with Crippen molar-refractivity contribution in [2.24, 2.45) is 28.1 Å². The lowest BCUT2D eigenvalue weighted by Gasteiger charge is -2.41. The van der Waals surface area contributed by atoms with Gasteiger partial charge in [0.15, 0.2) is 9.84 Å². The van der Waals surface area contributed by atoms with Gasteiger partial charge >= 0.3 is 6.03 Å². The van der Waals surface area contributed by atoms with Crippen LogP contribution < -0.4 is 21.3 Å². The van der Waals surface area contributed by atoms with E-state index in [1.165, 1.54) is 6.08 Å². The molecule has 280 valence electrons. The second-order valence-corrected chi connectivity index (χ2v) is 21.2. The van der Waals surface area contributed by atoms with Crippen LogP contribution in [0.15, 0.2) is 12.7 Å². The summed E-state index contributed by atoms with van der Waals surface area (Å²) in [6.45, 7) is 18.8. The Morgan fingerprint density at radius 3 is 2.10 bits per heavy atom. The van der Waals surface area contributed by atoms with Crippen LogP contribution in [0.1, 0.15) is 113 Å². The van der Waals surface area contributed by atoms with Gasteiger partial charge in [-0.15, -0.1) is 6.58 Å². The Labute approximate surface area is 298 Å². The minimum atomic E-state index is -3.57. The molecule has 4 saturated carbocycles. The minimum absolute atomic E-state index is 0.0701. The highest BCUT2D eigenvalue weighted by atomic mass is 32.2. The van der Waals surface area contributed by atoms with Crippen LogP contribution in [0.4, 0.5) is 4.79 Å². The molecule has 0 radical (unpaired) electrons. The Morgan fingerprint density at radius 2 is 1.58 bits per heavy atom. The number of sulfone groups is 1. The highest BCUT2D eigenvalue weighted by Gasteiger charge is 2.98. The summed E-state index contributed by atoms with van der Waals surface area (Å²) in [5.74, 6) is -2.19. The molecule has 13 heteroatoms. The molecule has 4 N–H and O–H groups in total. The van der Waals surface area contributed by atoms with Crippen molar-refractivity contribution in [2.75, 3.05) is 18.8 Å². The maximum absolute atomic E-state index is 14.7. The Bertz CT molecular complexity index is 1550. The number of ketones is 1. The van der Waals surface area contributed by atoms with Crippen molar-refractivity contribution in [3.8, 4) is 0 Å². The van der Waals surface area contributed by atoms with Crippen LogP contribution in [0.3, 0.4) is 0 Å².